The number of guanidine groups is 1. The lowest BCUT2D eigenvalue weighted by Crippen LogP contribution is -2.24. The van der Waals surface area contributed by atoms with Crippen LogP contribution in [0.2, 0.25) is 0 Å². The minimum atomic E-state index is -3.16. The van der Waals surface area contributed by atoms with E-state index in [1.807, 2.05) is 0 Å². The maximum absolute atomic E-state index is 11.1. The Hall–Kier alpha value is -1.05. The molecule has 124 valence electrons. The summed E-state index contributed by atoms with van der Waals surface area (Å²) >= 11 is 2.73. The van der Waals surface area contributed by atoms with Gasteiger partial charge in [0.25, 0.3) is 0 Å². The number of amidine groups is 1. The highest BCUT2D eigenvalue weighted by molar-refractivity contribution is 8.77. The van der Waals surface area contributed by atoms with Crippen molar-refractivity contribution in [3.05, 3.63) is 5.82 Å². The number of aliphatic imine (C=N–C) groups is 2. The number of aromatic nitrogens is 2. The van der Waals surface area contributed by atoms with Gasteiger partial charge in [0.05, 0.1) is 5.75 Å². The van der Waals surface area contributed by atoms with Gasteiger partial charge in [-0.05, 0) is 0 Å². The molecule has 0 saturated carbocycles. The van der Waals surface area contributed by atoms with Crippen molar-refractivity contribution >= 4 is 59.2 Å². The standard InChI is InChI=1S/C9H17N7O2S4/c1-12-8(21-22(2,17)18)13-3-4-19-5-6-14-9(20-16-6)15-7(10)11/h3-5H2,1-2H3,(H,12,13)(H4,10,11,14,15,16). The fraction of sp³-hybridized carbons (Fsp3) is 0.556. The van der Waals surface area contributed by atoms with Gasteiger partial charge in [-0.2, -0.15) is 21.1 Å². The zero-order valence-corrected chi connectivity index (χ0v) is 15.3. The second kappa shape index (κ2) is 9.17. The molecule has 0 aromatic carbocycles. The molecule has 1 aromatic heterocycles. The van der Waals surface area contributed by atoms with Crippen LogP contribution in [0.1, 0.15) is 5.82 Å². The molecule has 22 heavy (non-hydrogen) atoms. The van der Waals surface area contributed by atoms with Gasteiger partial charge in [0.1, 0.15) is 0 Å². The maximum atomic E-state index is 11.1. The van der Waals surface area contributed by atoms with Crippen molar-refractivity contribution in [1.29, 1.82) is 0 Å². The Morgan fingerprint density at radius 2 is 2.18 bits per heavy atom. The molecule has 0 fully saturated rings. The Morgan fingerprint density at radius 3 is 2.77 bits per heavy atom. The molecule has 0 unspecified atom stereocenters. The van der Waals surface area contributed by atoms with Gasteiger partial charge >= 0.3 is 0 Å². The number of nitrogens with one attached hydrogen (secondary N) is 1. The van der Waals surface area contributed by atoms with Crippen LogP contribution in [-0.2, 0) is 14.6 Å². The molecule has 5 N–H and O–H groups in total. The fourth-order valence-electron chi connectivity index (χ4n) is 1.14. The van der Waals surface area contributed by atoms with E-state index in [4.69, 9.17) is 11.5 Å². The van der Waals surface area contributed by atoms with E-state index in [1.54, 1.807) is 11.8 Å². The van der Waals surface area contributed by atoms with Crippen molar-refractivity contribution in [3.8, 4) is 0 Å². The molecular weight excluding hydrogens is 366 g/mol. The van der Waals surface area contributed by atoms with E-state index in [0.717, 1.165) is 23.5 Å². The third kappa shape index (κ3) is 8.41. The molecule has 1 rings (SSSR count). The van der Waals surface area contributed by atoms with Crippen molar-refractivity contribution in [2.45, 2.75) is 5.75 Å². The van der Waals surface area contributed by atoms with Gasteiger partial charge in [-0.3, -0.25) is 4.99 Å². The molecule has 0 aliphatic rings. The largest absolute Gasteiger partial charge is 0.370 e. The summed E-state index contributed by atoms with van der Waals surface area (Å²) in [5.74, 6) is 1.98. The van der Waals surface area contributed by atoms with Gasteiger partial charge in [-0.1, -0.05) is 0 Å². The molecule has 0 atom stereocenters. The molecule has 0 spiro atoms. The van der Waals surface area contributed by atoms with Crippen LogP contribution in [0.15, 0.2) is 9.98 Å². The third-order valence-electron chi connectivity index (χ3n) is 1.87. The number of thioether (sulfide) groups is 1. The van der Waals surface area contributed by atoms with Gasteiger partial charge in [-0.15, -0.1) is 0 Å². The van der Waals surface area contributed by atoms with Crippen LogP contribution < -0.4 is 16.8 Å². The van der Waals surface area contributed by atoms with Gasteiger partial charge in [0.15, 0.2) is 17.0 Å². The molecule has 1 heterocycles. The number of nitrogens with two attached hydrogens (primary N) is 2. The van der Waals surface area contributed by atoms with Gasteiger partial charge < -0.3 is 16.8 Å². The summed E-state index contributed by atoms with van der Waals surface area (Å²) in [6.07, 6.45) is 1.14. The zero-order chi connectivity index (χ0) is 16.6. The normalized spacial score (nSPS) is 12.2. The lowest BCUT2D eigenvalue weighted by atomic mass is 10.7. The first kappa shape index (κ1) is 19.0. The number of rotatable bonds is 7. The quantitative estimate of drug-likeness (QED) is 0.255. The van der Waals surface area contributed by atoms with E-state index in [2.05, 4.69) is 24.7 Å². The van der Waals surface area contributed by atoms with Gasteiger partial charge in [0, 0.05) is 47.9 Å². The van der Waals surface area contributed by atoms with Crippen LogP contribution in [-0.4, -0.2) is 54.5 Å². The molecule has 0 aliphatic carbocycles. The van der Waals surface area contributed by atoms with Crippen molar-refractivity contribution in [2.24, 2.45) is 21.5 Å². The van der Waals surface area contributed by atoms with E-state index < -0.39 is 8.87 Å². The van der Waals surface area contributed by atoms with Crippen molar-refractivity contribution in [1.82, 2.24) is 14.7 Å². The Bertz CT molecular complexity index is 636. The predicted molar refractivity (Wildman–Crippen MR) is 95.3 cm³/mol. The second-order valence-corrected chi connectivity index (χ2v) is 9.94. The summed E-state index contributed by atoms with van der Waals surface area (Å²) in [6.45, 7) is 0.588. The van der Waals surface area contributed by atoms with Crippen molar-refractivity contribution in [3.63, 3.8) is 0 Å². The summed E-state index contributed by atoms with van der Waals surface area (Å²) in [5.41, 5.74) is 10.5. The molecule has 0 bridgehead atoms. The van der Waals surface area contributed by atoms with Crippen LogP contribution >= 0.6 is 34.1 Å². The average Bonchev–Trinajstić information content (AvgIpc) is 2.82. The van der Waals surface area contributed by atoms with Crippen LogP contribution in [0, 0.1) is 0 Å². The molecule has 0 amide bonds. The zero-order valence-electron chi connectivity index (χ0n) is 12.0. The Kier molecular flexibility index (Phi) is 7.92. The van der Waals surface area contributed by atoms with Crippen molar-refractivity contribution in [2.75, 3.05) is 25.6 Å². The highest BCUT2D eigenvalue weighted by Gasteiger charge is 2.09. The molecule has 9 nitrogen and oxygen atoms in total. The fourth-order valence-corrected chi connectivity index (χ4v) is 4.29. The topological polar surface area (TPSA) is 149 Å². The molecule has 0 radical (unpaired) electrons. The first-order valence-electron chi connectivity index (χ1n) is 5.90. The van der Waals surface area contributed by atoms with E-state index in [0.29, 0.717) is 39.2 Å². The summed E-state index contributed by atoms with van der Waals surface area (Å²) in [5, 5.41) is 3.77. The first-order chi connectivity index (χ1) is 10.3. The number of hydrogen-bond acceptors (Lipinski definition) is 9. The summed E-state index contributed by atoms with van der Waals surface area (Å²) in [7, 11) is -0.918. The molecule has 1 aromatic rings. The third-order valence-corrected chi connectivity index (χ3v) is 5.64. The SMILES string of the molecule is CN=C(NCCSCc1nsc(N=C(N)N)n1)SS(C)(=O)=O. The summed E-state index contributed by atoms with van der Waals surface area (Å²) < 4.78 is 26.4. The Labute approximate surface area is 140 Å². The van der Waals surface area contributed by atoms with Gasteiger partial charge in [0.2, 0.25) is 14.0 Å². The average molecular weight is 384 g/mol. The molecule has 0 aliphatic heterocycles. The van der Waals surface area contributed by atoms with Gasteiger partial charge in [-0.25, -0.2) is 13.4 Å². The highest BCUT2D eigenvalue weighted by Crippen LogP contribution is 2.18. The first-order valence-corrected chi connectivity index (χ1v) is 11.1. The summed E-state index contributed by atoms with van der Waals surface area (Å²) in [4.78, 5) is 11.9. The second-order valence-electron chi connectivity index (χ2n) is 3.83. The monoisotopic (exact) mass is 383 g/mol. The van der Waals surface area contributed by atoms with Crippen LogP contribution in [0.25, 0.3) is 0 Å². The summed E-state index contributed by atoms with van der Waals surface area (Å²) in [6, 6.07) is 0. The Morgan fingerprint density at radius 1 is 1.45 bits per heavy atom. The van der Waals surface area contributed by atoms with E-state index in [1.165, 1.54) is 7.05 Å². The van der Waals surface area contributed by atoms with Crippen LogP contribution in [0.5, 0.6) is 0 Å². The van der Waals surface area contributed by atoms with E-state index in [9.17, 15) is 8.42 Å². The van der Waals surface area contributed by atoms with Crippen LogP contribution in [0.4, 0.5) is 5.13 Å². The van der Waals surface area contributed by atoms with Crippen LogP contribution in [0.3, 0.4) is 0 Å². The maximum Gasteiger partial charge on any atom is 0.232 e. The highest BCUT2D eigenvalue weighted by atomic mass is 33.1. The van der Waals surface area contributed by atoms with Crippen molar-refractivity contribution < 1.29 is 8.42 Å². The predicted octanol–water partition coefficient (Wildman–Crippen LogP) is -0.0556. The minimum absolute atomic E-state index is 0.0469. The number of nitrogens with zero attached hydrogens (tertiary/aromatic N) is 4. The lowest BCUT2D eigenvalue weighted by Gasteiger charge is -2.06. The Balaban J connectivity index is 2.28. The molecule has 13 heteroatoms. The lowest BCUT2D eigenvalue weighted by molar-refractivity contribution is 0.616. The molecule has 0 saturated heterocycles. The van der Waals surface area contributed by atoms with E-state index in [-0.39, 0.29) is 5.96 Å². The number of hydrogen-bond donors (Lipinski definition) is 3. The van der Waals surface area contributed by atoms with E-state index >= 15 is 0 Å². The molecular formula is C9H17N7O2S4. The smallest absolute Gasteiger partial charge is 0.232 e. The minimum Gasteiger partial charge on any atom is -0.370 e.